The summed E-state index contributed by atoms with van der Waals surface area (Å²) >= 11 is 0. The number of phenols is 1. The van der Waals surface area contributed by atoms with Gasteiger partial charge in [0.25, 0.3) is 0 Å². The first-order valence-electron chi connectivity index (χ1n) is 11.5. The van der Waals surface area contributed by atoms with Gasteiger partial charge in [-0.3, -0.25) is 14.4 Å². The number of rotatable bonds is 17. The third kappa shape index (κ3) is 11.3. The van der Waals surface area contributed by atoms with Gasteiger partial charge in [-0.2, -0.15) is 0 Å². The van der Waals surface area contributed by atoms with Crippen LogP contribution in [-0.2, 0) is 14.4 Å². The minimum atomic E-state index is -1.07. The number of methoxy groups -OCH3 is 2. The third-order valence-electron chi connectivity index (χ3n) is 4.86. The molecule has 38 heavy (non-hydrogen) atoms. The van der Waals surface area contributed by atoms with Crippen molar-refractivity contribution in [1.29, 1.82) is 0 Å². The van der Waals surface area contributed by atoms with Gasteiger partial charge in [-0.25, -0.2) is 0 Å². The maximum atomic E-state index is 12.2. The second-order valence-corrected chi connectivity index (χ2v) is 10.5. The molecule has 0 heterocycles. The summed E-state index contributed by atoms with van der Waals surface area (Å²) in [6.07, 6.45) is 4.75. The highest BCUT2D eigenvalue weighted by Crippen LogP contribution is 2.31. The summed E-state index contributed by atoms with van der Waals surface area (Å²) in [7, 11) is 5.77. The number of ether oxygens (including phenoxy) is 3. The topological polar surface area (TPSA) is 140 Å². The van der Waals surface area contributed by atoms with Crippen LogP contribution in [0, 0.1) is 0 Å². The Morgan fingerprint density at radius 2 is 1.45 bits per heavy atom. The van der Waals surface area contributed by atoms with Crippen LogP contribution < -0.4 is 14.2 Å². The Bertz CT molecular complexity index is 1160. The standard InChI is InChI=1S/C27H30O9S2/c1-34-24-15-18(5-9-22(24)30)3-7-20(28)17-21(29)8-4-19-6-10-23(25(16-19)35-2)36-27(33)12-14-38-37-13-11-26(31)32/h3-10,15-16,27,30,33H,11-14,17H2,1-2H3,(H,31,32)/b7-3+,8-4+. The van der Waals surface area contributed by atoms with Crippen molar-refractivity contribution in [2.24, 2.45) is 0 Å². The van der Waals surface area contributed by atoms with Crippen molar-refractivity contribution in [3.63, 3.8) is 0 Å². The molecule has 11 heteroatoms. The Kier molecular flexibility index (Phi) is 13.3. The highest BCUT2D eigenvalue weighted by atomic mass is 33.1. The van der Waals surface area contributed by atoms with Crippen LogP contribution >= 0.6 is 21.6 Å². The summed E-state index contributed by atoms with van der Waals surface area (Å²) < 4.78 is 15.9. The van der Waals surface area contributed by atoms with E-state index in [0.717, 1.165) is 0 Å². The van der Waals surface area contributed by atoms with Crippen molar-refractivity contribution in [1.82, 2.24) is 0 Å². The number of aliphatic carboxylic acids is 1. The molecule has 0 saturated heterocycles. The molecule has 0 spiro atoms. The average molecular weight is 563 g/mol. The molecule has 1 unspecified atom stereocenters. The van der Waals surface area contributed by atoms with Crippen LogP contribution in [0.15, 0.2) is 48.6 Å². The number of aliphatic hydroxyl groups excluding tert-OH is 1. The molecule has 204 valence electrons. The van der Waals surface area contributed by atoms with Gasteiger partial charge in [-0.05, 0) is 47.5 Å². The molecule has 1 atom stereocenters. The van der Waals surface area contributed by atoms with Crippen LogP contribution in [0.5, 0.6) is 23.0 Å². The van der Waals surface area contributed by atoms with E-state index in [1.165, 1.54) is 60.1 Å². The monoisotopic (exact) mass is 562 g/mol. The highest BCUT2D eigenvalue weighted by Gasteiger charge is 2.12. The fraction of sp³-hybridized carbons (Fsp3) is 0.296. The average Bonchev–Trinajstić information content (AvgIpc) is 2.89. The second-order valence-electron chi connectivity index (χ2n) is 7.77. The molecular formula is C27H30O9S2. The number of phenolic OH excluding ortho intramolecular Hbond substituents is 1. The molecule has 0 radical (unpaired) electrons. The van der Waals surface area contributed by atoms with E-state index in [1.54, 1.807) is 36.4 Å². The molecule has 0 aliphatic heterocycles. The largest absolute Gasteiger partial charge is 0.504 e. The summed E-state index contributed by atoms with van der Waals surface area (Å²) in [4.78, 5) is 34.9. The van der Waals surface area contributed by atoms with Gasteiger partial charge in [0, 0.05) is 17.9 Å². The van der Waals surface area contributed by atoms with Gasteiger partial charge in [0.15, 0.2) is 40.9 Å². The van der Waals surface area contributed by atoms with Crippen LogP contribution in [0.25, 0.3) is 12.2 Å². The molecule has 0 aliphatic rings. The lowest BCUT2D eigenvalue weighted by Crippen LogP contribution is -2.16. The van der Waals surface area contributed by atoms with Crippen molar-refractivity contribution in [2.45, 2.75) is 25.6 Å². The Hall–Kier alpha value is -3.41. The number of ketones is 2. The number of carboxylic acid groups (broad SMARTS) is 1. The van der Waals surface area contributed by atoms with Gasteiger partial charge in [0.1, 0.15) is 0 Å². The van der Waals surface area contributed by atoms with E-state index in [2.05, 4.69) is 0 Å². The van der Waals surface area contributed by atoms with Crippen LogP contribution in [-0.4, -0.2) is 64.9 Å². The number of hydrogen-bond acceptors (Lipinski definition) is 10. The second kappa shape index (κ2) is 16.4. The van der Waals surface area contributed by atoms with Crippen molar-refractivity contribution in [3.05, 3.63) is 59.7 Å². The lowest BCUT2D eigenvalue weighted by Gasteiger charge is -2.16. The zero-order valence-electron chi connectivity index (χ0n) is 21.0. The quantitative estimate of drug-likeness (QED) is 0.0819. The fourth-order valence-electron chi connectivity index (χ4n) is 2.95. The van der Waals surface area contributed by atoms with Crippen molar-refractivity contribution in [2.75, 3.05) is 25.7 Å². The fourth-order valence-corrected chi connectivity index (χ4v) is 4.99. The predicted octanol–water partition coefficient (Wildman–Crippen LogP) is 4.61. The van der Waals surface area contributed by atoms with Crippen LogP contribution in [0.3, 0.4) is 0 Å². The zero-order valence-corrected chi connectivity index (χ0v) is 22.6. The van der Waals surface area contributed by atoms with E-state index in [9.17, 15) is 24.6 Å². The molecule has 3 N–H and O–H groups in total. The van der Waals surface area contributed by atoms with E-state index >= 15 is 0 Å². The van der Waals surface area contributed by atoms with E-state index in [0.29, 0.717) is 40.6 Å². The SMILES string of the molecule is COc1cc(/C=C/C(=O)CC(=O)/C=C/c2ccc(OC(O)CCSSCCC(=O)O)c(OC)c2)ccc1O. The lowest BCUT2D eigenvalue weighted by atomic mass is 10.1. The molecular weight excluding hydrogens is 532 g/mol. The van der Waals surface area contributed by atoms with Crippen molar-refractivity contribution in [3.8, 4) is 23.0 Å². The lowest BCUT2D eigenvalue weighted by molar-refractivity contribution is -0.136. The normalized spacial score (nSPS) is 12.0. The number of aromatic hydroxyl groups is 1. The number of allylic oxidation sites excluding steroid dienone is 2. The number of benzene rings is 2. The Labute approximate surface area is 228 Å². The maximum Gasteiger partial charge on any atom is 0.304 e. The summed E-state index contributed by atoms with van der Waals surface area (Å²) in [5.41, 5.74) is 1.28. The molecule has 2 rings (SSSR count). The first kappa shape index (κ1) is 30.8. The summed E-state index contributed by atoms with van der Waals surface area (Å²) in [5.74, 6) is 0.439. The van der Waals surface area contributed by atoms with Gasteiger partial charge in [0.05, 0.1) is 27.1 Å². The number of carboxylic acids is 1. The number of carbonyl (C=O) groups excluding carboxylic acids is 2. The third-order valence-corrected chi connectivity index (χ3v) is 7.30. The minimum absolute atomic E-state index is 0.0105. The first-order valence-corrected chi connectivity index (χ1v) is 14.0. The Morgan fingerprint density at radius 1 is 0.868 bits per heavy atom. The number of carbonyl (C=O) groups is 3. The molecule has 2 aromatic carbocycles. The molecule has 0 bridgehead atoms. The van der Waals surface area contributed by atoms with Crippen molar-refractivity contribution >= 4 is 51.3 Å². The van der Waals surface area contributed by atoms with Crippen molar-refractivity contribution < 1.29 is 43.9 Å². The summed E-state index contributed by atoms with van der Waals surface area (Å²) in [5, 5.41) is 28.4. The first-order chi connectivity index (χ1) is 18.2. The molecule has 0 amide bonds. The minimum Gasteiger partial charge on any atom is -0.504 e. The molecule has 0 aliphatic carbocycles. The van der Waals surface area contributed by atoms with Crippen LogP contribution in [0.1, 0.15) is 30.4 Å². The number of aliphatic hydroxyl groups is 1. The molecule has 0 aromatic heterocycles. The van der Waals surface area contributed by atoms with Gasteiger partial charge in [-0.1, -0.05) is 45.9 Å². The van der Waals surface area contributed by atoms with Gasteiger partial charge >= 0.3 is 5.97 Å². The Morgan fingerprint density at radius 3 is 2.05 bits per heavy atom. The molecule has 9 nitrogen and oxygen atoms in total. The molecule has 0 saturated carbocycles. The van der Waals surface area contributed by atoms with Gasteiger partial charge in [-0.15, -0.1) is 0 Å². The van der Waals surface area contributed by atoms with E-state index < -0.39 is 12.3 Å². The Balaban J connectivity index is 1.85. The smallest absolute Gasteiger partial charge is 0.304 e. The van der Waals surface area contributed by atoms with Crippen LogP contribution in [0.2, 0.25) is 0 Å². The highest BCUT2D eigenvalue weighted by molar-refractivity contribution is 8.76. The van der Waals surface area contributed by atoms with E-state index in [1.807, 2.05) is 0 Å². The maximum absolute atomic E-state index is 12.2. The van der Waals surface area contributed by atoms with Crippen LogP contribution in [0.4, 0.5) is 0 Å². The molecule has 2 aromatic rings. The zero-order chi connectivity index (χ0) is 27.9. The predicted molar refractivity (Wildman–Crippen MR) is 149 cm³/mol. The van der Waals surface area contributed by atoms with E-state index in [4.69, 9.17) is 19.3 Å². The summed E-state index contributed by atoms with van der Waals surface area (Å²) in [6.45, 7) is 0. The summed E-state index contributed by atoms with van der Waals surface area (Å²) in [6, 6.07) is 9.58. The molecule has 0 fully saturated rings. The van der Waals surface area contributed by atoms with Gasteiger partial charge in [0.2, 0.25) is 0 Å². The van der Waals surface area contributed by atoms with E-state index in [-0.39, 0.29) is 35.9 Å². The number of hydrogen-bond donors (Lipinski definition) is 3. The van der Waals surface area contributed by atoms with Gasteiger partial charge < -0.3 is 29.5 Å².